The third-order valence-electron chi connectivity index (χ3n) is 4.40. The highest BCUT2D eigenvalue weighted by atomic mass is 32.1. The Morgan fingerprint density at radius 1 is 1.23 bits per heavy atom. The largest absolute Gasteiger partial charge is 0.350 e. The fourth-order valence-corrected chi connectivity index (χ4v) is 3.92. The SMILES string of the molecule is CCc1c(C(=O)NCC(c2cccs2)N(C)C)cnn1-c1ccccc1. The second kappa shape index (κ2) is 8.29. The lowest BCUT2D eigenvalue weighted by molar-refractivity contribution is 0.0941. The van der Waals surface area contributed by atoms with Crippen molar-refractivity contribution in [2.24, 2.45) is 0 Å². The minimum Gasteiger partial charge on any atom is -0.350 e. The molecule has 0 aliphatic rings. The molecule has 0 radical (unpaired) electrons. The third kappa shape index (κ3) is 3.86. The molecule has 0 saturated heterocycles. The van der Waals surface area contributed by atoms with Crippen molar-refractivity contribution in [1.29, 1.82) is 0 Å². The summed E-state index contributed by atoms with van der Waals surface area (Å²) < 4.78 is 1.84. The molecule has 0 bridgehead atoms. The first kappa shape index (κ1) is 18.4. The zero-order valence-corrected chi connectivity index (χ0v) is 16.2. The molecule has 1 amide bonds. The third-order valence-corrected chi connectivity index (χ3v) is 5.37. The average Bonchev–Trinajstić information content (AvgIpc) is 3.31. The van der Waals surface area contributed by atoms with Crippen LogP contribution < -0.4 is 5.32 Å². The molecule has 1 unspecified atom stereocenters. The highest BCUT2D eigenvalue weighted by Crippen LogP contribution is 2.23. The molecule has 2 aromatic heterocycles. The van der Waals surface area contributed by atoms with Crippen LogP contribution in [0.5, 0.6) is 0 Å². The Morgan fingerprint density at radius 3 is 2.62 bits per heavy atom. The van der Waals surface area contributed by atoms with Crippen LogP contribution in [0.1, 0.15) is 33.9 Å². The van der Waals surface area contributed by atoms with E-state index < -0.39 is 0 Å². The summed E-state index contributed by atoms with van der Waals surface area (Å²) in [5.74, 6) is -0.0764. The lowest BCUT2D eigenvalue weighted by Crippen LogP contribution is -2.34. The van der Waals surface area contributed by atoms with Crippen LogP contribution in [0.3, 0.4) is 0 Å². The molecule has 3 rings (SSSR count). The summed E-state index contributed by atoms with van der Waals surface area (Å²) in [6.07, 6.45) is 2.40. The molecule has 136 valence electrons. The van der Waals surface area contributed by atoms with E-state index in [0.717, 1.165) is 17.8 Å². The van der Waals surface area contributed by atoms with Gasteiger partial charge in [-0.05, 0) is 44.1 Å². The van der Waals surface area contributed by atoms with Gasteiger partial charge in [-0.25, -0.2) is 4.68 Å². The maximum Gasteiger partial charge on any atom is 0.254 e. The molecule has 2 heterocycles. The molecule has 1 atom stereocenters. The van der Waals surface area contributed by atoms with Crippen LogP contribution in [0.25, 0.3) is 5.69 Å². The van der Waals surface area contributed by atoms with Crippen molar-refractivity contribution in [1.82, 2.24) is 20.0 Å². The van der Waals surface area contributed by atoms with Crippen molar-refractivity contribution < 1.29 is 4.79 Å². The first-order valence-corrected chi connectivity index (χ1v) is 9.60. The van der Waals surface area contributed by atoms with Crippen molar-refractivity contribution in [3.05, 3.63) is 70.2 Å². The first-order valence-electron chi connectivity index (χ1n) is 8.72. The van der Waals surface area contributed by atoms with Gasteiger partial charge < -0.3 is 10.2 Å². The fourth-order valence-electron chi connectivity index (χ4n) is 3.00. The van der Waals surface area contributed by atoms with Gasteiger partial charge in [-0.3, -0.25) is 4.79 Å². The van der Waals surface area contributed by atoms with E-state index in [1.807, 2.05) is 62.1 Å². The van der Waals surface area contributed by atoms with Gasteiger partial charge in [0.05, 0.1) is 29.2 Å². The molecular weight excluding hydrogens is 344 g/mol. The van der Waals surface area contributed by atoms with Crippen molar-refractivity contribution >= 4 is 17.2 Å². The topological polar surface area (TPSA) is 50.2 Å². The van der Waals surface area contributed by atoms with E-state index >= 15 is 0 Å². The van der Waals surface area contributed by atoms with Crippen molar-refractivity contribution in [3.63, 3.8) is 0 Å². The number of carbonyl (C=O) groups is 1. The molecule has 26 heavy (non-hydrogen) atoms. The zero-order chi connectivity index (χ0) is 18.5. The van der Waals surface area contributed by atoms with Crippen molar-refractivity contribution in [3.8, 4) is 5.69 Å². The van der Waals surface area contributed by atoms with E-state index in [2.05, 4.69) is 26.8 Å². The zero-order valence-electron chi connectivity index (χ0n) is 15.3. The van der Waals surface area contributed by atoms with Gasteiger partial charge >= 0.3 is 0 Å². The number of thiophene rings is 1. The Kier molecular flexibility index (Phi) is 5.85. The maximum absolute atomic E-state index is 12.8. The van der Waals surface area contributed by atoms with Gasteiger partial charge in [0.15, 0.2) is 0 Å². The molecule has 1 N–H and O–H groups in total. The van der Waals surface area contributed by atoms with E-state index in [1.165, 1.54) is 4.88 Å². The fraction of sp³-hybridized carbons (Fsp3) is 0.300. The molecule has 5 nitrogen and oxygen atoms in total. The van der Waals surface area contributed by atoms with Gasteiger partial charge in [0.2, 0.25) is 0 Å². The lowest BCUT2D eigenvalue weighted by Gasteiger charge is -2.23. The molecule has 0 saturated carbocycles. The Labute approximate surface area is 158 Å². The predicted octanol–water partition coefficient (Wildman–Crippen LogP) is 3.53. The first-order chi connectivity index (χ1) is 12.6. The molecule has 0 aliphatic carbocycles. The van der Waals surface area contributed by atoms with Crippen LogP contribution in [0.4, 0.5) is 0 Å². The number of benzene rings is 1. The minimum atomic E-state index is -0.0764. The second-order valence-electron chi connectivity index (χ2n) is 6.31. The predicted molar refractivity (Wildman–Crippen MR) is 106 cm³/mol. The van der Waals surface area contributed by atoms with Crippen molar-refractivity contribution in [2.45, 2.75) is 19.4 Å². The number of nitrogens with one attached hydrogen (secondary N) is 1. The Balaban J connectivity index is 1.77. The van der Waals surface area contributed by atoms with Crippen LogP contribution in [0, 0.1) is 0 Å². The molecule has 0 spiro atoms. The lowest BCUT2D eigenvalue weighted by atomic mass is 10.1. The Hall–Kier alpha value is -2.44. The van der Waals surface area contributed by atoms with Gasteiger partial charge in [0, 0.05) is 11.4 Å². The number of para-hydroxylation sites is 1. The van der Waals surface area contributed by atoms with Gasteiger partial charge in [0.25, 0.3) is 5.91 Å². The molecule has 6 heteroatoms. The number of aromatic nitrogens is 2. The standard InChI is InChI=1S/C20H24N4OS/c1-4-17-16(13-22-24(17)15-9-6-5-7-10-15)20(25)21-14-18(23(2)3)19-11-8-12-26-19/h5-13,18H,4,14H2,1-3H3,(H,21,25). The van der Waals surface area contributed by atoms with Crippen LogP contribution in [-0.4, -0.2) is 41.2 Å². The van der Waals surface area contributed by atoms with Crippen molar-refractivity contribution in [2.75, 3.05) is 20.6 Å². The molecule has 0 fully saturated rings. The van der Waals surface area contributed by atoms with Crippen LogP contribution in [-0.2, 0) is 6.42 Å². The summed E-state index contributed by atoms with van der Waals surface area (Å²) in [6.45, 7) is 2.60. The normalized spacial score (nSPS) is 12.3. The molecular formula is C20H24N4OS. The summed E-state index contributed by atoms with van der Waals surface area (Å²) in [4.78, 5) is 16.2. The van der Waals surface area contributed by atoms with E-state index in [1.54, 1.807) is 17.5 Å². The second-order valence-corrected chi connectivity index (χ2v) is 7.29. The monoisotopic (exact) mass is 368 g/mol. The van der Waals surface area contributed by atoms with Gasteiger partial charge in [-0.15, -0.1) is 11.3 Å². The quantitative estimate of drug-likeness (QED) is 0.694. The van der Waals surface area contributed by atoms with Crippen LogP contribution in [0.15, 0.2) is 54.0 Å². The van der Waals surface area contributed by atoms with Gasteiger partial charge in [0.1, 0.15) is 0 Å². The smallest absolute Gasteiger partial charge is 0.254 e. The Morgan fingerprint density at radius 2 is 2.00 bits per heavy atom. The number of nitrogens with zero attached hydrogens (tertiary/aromatic N) is 3. The number of likely N-dealkylation sites (N-methyl/N-ethyl adjacent to an activating group) is 1. The van der Waals surface area contributed by atoms with E-state index in [0.29, 0.717) is 12.1 Å². The molecule has 1 aromatic carbocycles. The number of carbonyl (C=O) groups excluding carboxylic acids is 1. The minimum absolute atomic E-state index is 0.0764. The highest BCUT2D eigenvalue weighted by molar-refractivity contribution is 7.10. The average molecular weight is 369 g/mol. The summed E-state index contributed by atoms with van der Waals surface area (Å²) in [5.41, 5.74) is 2.53. The summed E-state index contributed by atoms with van der Waals surface area (Å²) >= 11 is 1.71. The van der Waals surface area contributed by atoms with Gasteiger partial charge in [-0.1, -0.05) is 31.2 Å². The number of hydrogen-bond acceptors (Lipinski definition) is 4. The van der Waals surface area contributed by atoms with Crippen LogP contribution >= 0.6 is 11.3 Å². The highest BCUT2D eigenvalue weighted by Gasteiger charge is 2.20. The summed E-state index contributed by atoms with van der Waals surface area (Å²) in [5, 5.41) is 9.58. The van der Waals surface area contributed by atoms with Crippen LogP contribution in [0.2, 0.25) is 0 Å². The Bertz CT molecular complexity index is 840. The number of amides is 1. The van der Waals surface area contributed by atoms with Gasteiger partial charge in [-0.2, -0.15) is 5.10 Å². The number of rotatable bonds is 7. The number of hydrogen-bond donors (Lipinski definition) is 1. The van der Waals surface area contributed by atoms with E-state index in [4.69, 9.17) is 0 Å². The molecule has 0 aliphatic heterocycles. The van der Waals surface area contributed by atoms with E-state index in [-0.39, 0.29) is 11.9 Å². The summed E-state index contributed by atoms with van der Waals surface area (Å²) in [6, 6.07) is 14.2. The maximum atomic E-state index is 12.8. The van der Waals surface area contributed by atoms with E-state index in [9.17, 15) is 4.79 Å². The molecule has 3 aromatic rings. The summed E-state index contributed by atoms with van der Waals surface area (Å²) in [7, 11) is 4.06.